The van der Waals surface area contributed by atoms with E-state index in [-0.39, 0.29) is 9.92 Å². The van der Waals surface area contributed by atoms with Gasteiger partial charge in [-0.2, -0.15) is 5.10 Å². The van der Waals surface area contributed by atoms with Gasteiger partial charge in [0.05, 0.1) is 16.0 Å². The van der Waals surface area contributed by atoms with Crippen molar-refractivity contribution in [3.63, 3.8) is 0 Å². The molecule has 1 aliphatic rings. The Bertz CT molecular complexity index is 424. The Kier molecular flexibility index (Phi) is 3.70. The van der Waals surface area contributed by atoms with Crippen LogP contribution in [0.15, 0.2) is 17.2 Å². The summed E-state index contributed by atoms with van der Waals surface area (Å²) in [7, 11) is 2.09. The number of hydrogen-bond acceptors (Lipinski definition) is 6. The Hall–Kier alpha value is -1.47. The van der Waals surface area contributed by atoms with E-state index < -0.39 is 0 Å². The highest BCUT2D eigenvalue weighted by Gasteiger charge is 2.12. The van der Waals surface area contributed by atoms with E-state index in [4.69, 9.17) is 0 Å². The first-order chi connectivity index (χ1) is 8.15. The molecule has 0 spiro atoms. The molecule has 0 aliphatic carbocycles. The van der Waals surface area contributed by atoms with Crippen LogP contribution in [0.5, 0.6) is 0 Å². The van der Waals surface area contributed by atoms with Crippen molar-refractivity contribution in [1.29, 1.82) is 0 Å². The van der Waals surface area contributed by atoms with Crippen LogP contribution in [0.25, 0.3) is 0 Å². The molecule has 1 saturated heterocycles. The molecule has 0 aromatic carbocycles. The summed E-state index contributed by atoms with van der Waals surface area (Å²) in [5, 5.41) is 17.0. The second-order valence-electron chi connectivity index (χ2n) is 3.93. The molecule has 92 valence electrons. The molecule has 2 rings (SSSR count). The Labute approximate surface area is 103 Å². The second-order valence-corrected chi connectivity index (χ2v) is 5.03. The normalized spacial score (nSPS) is 17.8. The average Bonchev–Trinajstić information content (AvgIpc) is 2.77. The van der Waals surface area contributed by atoms with Crippen molar-refractivity contribution in [3.8, 4) is 0 Å². The number of hydrazone groups is 1. The van der Waals surface area contributed by atoms with Crippen LogP contribution in [0, 0.1) is 10.1 Å². The van der Waals surface area contributed by atoms with E-state index in [0.717, 1.165) is 42.4 Å². The zero-order valence-corrected chi connectivity index (χ0v) is 10.4. The highest BCUT2D eigenvalue weighted by atomic mass is 32.1. The van der Waals surface area contributed by atoms with Crippen molar-refractivity contribution < 1.29 is 4.92 Å². The molecule has 0 saturated carbocycles. The Balaban J connectivity index is 1.93. The van der Waals surface area contributed by atoms with Gasteiger partial charge in [-0.05, 0) is 13.1 Å². The van der Waals surface area contributed by atoms with Gasteiger partial charge in [0.25, 0.3) is 0 Å². The number of likely N-dealkylation sites (N-methyl/N-ethyl adjacent to an activating group) is 1. The van der Waals surface area contributed by atoms with Crippen molar-refractivity contribution in [2.75, 3.05) is 33.2 Å². The van der Waals surface area contributed by atoms with Crippen LogP contribution in [-0.2, 0) is 0 Å². The molecule has 1 aliphatic heterocycles. The summed E-state index contributed by atoms with van der Waals surface area (Å²) in [5.74, 6) is 0. The van der Waals surface area contributed by atoms with Crippen molar-refractivity contribution in [1.82, 2.24) is 9.91 Å². The molecule has 0 N–H and O–H groups in total. The molecule has 1 aromatic rings. The second kappa shape index (κ2) is 5.24. The van der Waals surface area contributed by atoms with Gasteiger partial charge in [-0.25, -0.2) is 0 Å². The molecule has 0 bridgehead atoms. The molecule has 1 fully saturated rings. The summed E-state index contributed by atoms with van der Waals surface area (Å²) in [4.78, 5) is 13.2. The Morgan fingerprint density at radius 2 is 2.12 bits per heavy atom. The lowest BCUT2D eigenvalue weighted by Gasteiger charge is -2.30. The zero-order chi connectivity index (χ0) is 12.3. The van der Waals surface area contributed by atoms with E-state index in [1.165, 1.54) is 6.07 Å². The van der Waals surface area contributed by atoms with Crippen molar-refractivity contribution in [2.24, 2.45) is 5.10 Å². The van der Waals surface area contributed by atoms with E-state index in [9.17, 15) is 10.1 Å². The first-order valence-corrected chi connectivity index (χ1v) is 6.18. The van der Waals surface area contributed by atoms with Gasteiger partial charge in [-0.1, -0.05) is 11.3 Å². The maximum Gasteiger partial charge on any atom is 0.324 e. The van der Waals surface area contributed by atoms with Gasteiger partial charge < -0.3 is 4.90 Å². The first kappa shape index (κ1) is 12.0. The predicted octanol–water partition coefficient (Wildman–Crippen LogP) is 1.24. The number of nitrogens with zero attached hydrogens (tertiary/aromatic N) is 4. The minimum absolute atomic E-state index is 0.157. The molecular weight excluding hydrogens is 240 g/mol. The minimum atomic E-state index is -0.377. The molecular formula is C10H14N4O2S. The van der Waals surface area contributed by atoms with Crippen LogP contribution in [0.3, 0.4) is 0 Å². The molecule has 2 heterocycles. The van der Waals surface area contributed by atoms with E-state index in [0.29, 0.717) is 0 Å². The topological polar surface area (TPSA) is 62.0 Å². The Morgan fingerprint density at radius 1 is 1.41 bits per heavy atom. The monoisotopic (exact) mass is 254 g/mol. The van der Waals surface area contributed by atoms with Gasteiger partial charge in [0.1, 0.15) is 0 Å². The van der Waals surface area contributed by atoms with E-state index in [1.807, 2.05) is 5.01 Å². The lowest BCUT2D eigenvalue weighted by molar-refractivity contribution is -0.380. The highest BCUT2D eigenvalue weighted by Crippen LogP contribution is 2.22. The first-order valence-electron chi connectivity index (χ1n) is 5.37. The number of rotatable bonds is 3. The smallest absolute Gasteiger partial charge is 0.303 e. The van der Waals surface area contributed by atoms with E-state index in [1.54, 1.807) is 12.3 Å². The van der Waals surface area contributed by atoms with Gasteiger partial charge in [0, 0.05) is 32.2 Å². The number of hydrogen-bond donors (Lipinski definition) is 0. The zero-order valence-electron chi connectivity index (χ0n) is 9.57. The van der Waals surface area contributed by atoms with Crippen LogP contribution >= 0.6 is 11.3 Å². The molecule has 6 nitrogen and oxygen atoms in total. The van der Waals surface area contributed by atoms with Gasteiger partial charge in [-0.3, -0.25) is 15.1 Å². The van der Waals surface area contributed by atoms with Crippen molar-refractivity contribution in [3.05, 3.63) is 27.1 Å². The summed E-state index contributed by atoms with van der Waals surface area (Å²) in [6, 6.07) is 3.23. The van der Waals surface area contributed by atoms with Crippen molar-refractivity contribution >= 4 is 22.6 Å². The quantitative estimate of drug-likeness (QED) is 0.462. The molecule has 7 heteroatoms. The lowest BCUT2D eigenvalue weighted by Crippen LogP contribution is -2.41. The van der Waals surface area contributed by atoms with Gasteiger partial charge in [0.15, 0.2) is 0 Å². The maximum absolute atomic E-state index is 10.5. The number of thiophene rings is 1. The third-order valence-corrected chi connectivity index (χ3v) is 3.59. The summed E-state index contributed by atoms with van der Waals surface area (Å²) in [6.45, 7) is 3.81. The molecule has 0 unspecified atom stereocenters. The van der Waals surface area contributed by atoms with Crippen LogP contribution < -0.4 is 0 Å². The van der Waals surface area contributed by atoms with Crippen LogP contribution in [0.1, 0.15) is 4.88 Å². The summed E-state index contributed by atoms with van der Waals surface area (Å²) >= 11 is 1.14. The van der Waals surface area contributed by atoms with Crippen LogP contribution in [0.2, 0.25) is 0 Å². The number of nitro groups is 1. The fourth-order valence-electron chi connectivity index (χ4n) is 1.56. The Morgan fingerprint density at radius 3 is 2.71 bits per heavy atom. The fourth-order valence-corrected chi connectivity index (χ4v) is 2.25. The lowest BCUT2D eigenvalue weighted by atomic mass is 10.4. The van der Waals surface area contributed by atoms with Gasteiger partial charge in [-0.15, -0.1) is 0 Å². The van der Waals surface area contributed by atoms with Gasteiger partial charge >= 0.3 is 5.00 Å². The van der Waals surface area contributed by atoms with Crippen molar-refractivity contribution in [2.45, 2.75) is 0 Å². The molecule has 0 radical (unpaired) electrons. The highest BCUT2D eigenvalue weighted by molar-refractivity contribution is 7.16. The third kappa shape index (κ3) is 3.24. The fraction of sp³-hybridized carbons (Fsp3) is 0.500. The predicted molar refractivity (Wildman–Crippen MR) is 67.6 cm³/mol. The SMILES string of the molecule is CN1CCN(/N=C/c2ccc([N+](=O)[O-])s2)CC1. The van der Waals surface area contributed by atoms with Crippen LogP contribution in [0.4, 0.5) is 5.00 Å². The molecule has 0 amide bonds. The number of piperazine rings is 1. The molecule has 1 aromatic heterocycles. The summed E-state index contributed by atoms with van der Waals surface area (Å²) in [6.07, 6.45) is 1.70. The van der Waals surface area contributed by atoms with Gasteiger partial charge in [0.2, 0.25) is 0 Å². The third-order valence-electron chi connectivity index (χ3n) is 2.62. The summed E-state index contributed by atoms with van der Waals surface area (Å²) < 4.78 is 0. The average molecular weight is 254 g/mol. The van der Waals surface area contributed by atoms with E-state index >= 15 is 0 Å². The summed E-state index contributed by atoms with van der Waals surface area (Å²) in [5.41, 5.74) is 0. The minimum Gasteiger partial charge on any atom is -0.303 e. The van der Waals surface area contributed by atoms with E-state index in [2.05, 4.69) is 17.0 Å². The molecule has 0 atom stereocenters. The largest absolute Gasteiger partial charge is 0.324 e. The molecule has 17 heavy (non-hydrogen) atoms. The van der Waals surface area contributed by atoms with Crippen LogP contribution in [-0.4, -0.2) is 54.3 Å². The standard InChI is InChI=1S/C10H14N4O2S/c1-12-4-6-13(7-5-12)11-8-9-2-3-10(17-9)14(15)16/h2-3,8H,4-7H2,1H3/b11-8+. The maximum atomic E-state index is 10.5.